The van der Waals surface area contributed by atoms with E-state index in [2.05, 4.69) is 4.72 Å². The molecule has 6 nitrogen and oxygen atoms in total. The number of hydrogen-bond donors (Lipinski definition) is 2. The lowest BCUT2D eigenvalue weighted by Crippen LogP contribution is -2.44. The molecule has 0 spiro atoms. The first-order valence-electron chi connectivity index (χ1n) is 4.29. The fraction of sp³-hybridized carbons (Fsp3) is 0.750. The largest absolute Gasteiger partial charge is 0.481 e. The van der Waals surface area contributed by atoms with E-state index in [1.807, 2.05) is 0 Å². The van der Waals surface area contributed by atoms with Crippen LogP contribution in [0.15, 0.2) is 0 Å². The molecular weight excluding hydrogens is 220 g/mol. The Morgan fingerprint density at radius 1 is 1.53 bits per heavy atom. The molecular formula is C8H14N2O4S. The summed E-state index contributed by atoms with van der Waals surface area (Å²) in [5.74, 6) is -1.61. The van der Waals surface area contributed by atoms with Crippen LogP contribution in [0.1, 0.15) is 26.7 Å². The highest BCUT2D eigenvalue weighted by atomic mass is 32.2. The van der Waals surface area contributed by atoms with Crippen molar-refractivity contribution in [2.75, 3.05) is 5.75 Å². The molecule has 0 bridgehead atoms. The first-order chi connectivity index (χ1) is 6.68. The van der Waals surface area contributed by atoms with E-state index in [1.54, 1.807) is 13.8 Å². The van der Waals surface area contributed by atoms with Crippen molar-refractivity contribution in [3.63, 3.8) is 0 Å². The van der Waals surface area contributed by atoms with E-state index in [0.29, 0.717) is 0 Å². The predicted octanol–water partition coefficient (Wildman–Crippen LogP) is 0.0728. The second-order valence-corrected chi connectivity index (χ2v) is 5.52. The van der Waals surface area contributed by atoms with Gasteiger partial charge in [-0.15, -0.1) is 0 Å². The van der Waals surface area contributed by atoms with E-state index in [-0.39, 0.29) is 12.8 Å². The Labute approximate surface area is 89.0 Å². The molecule has 0 aromatic rings. The molecule has 15 heavy (non-hydrogen) atoms. The van der Waals surface area contributed by atoms with Crippen molar-refractivity contribution >= 4 is 16.0 Å². The molecule has 0 aliphatic carbocycles. The Morgan fingerprint density at radius 2 is 2.07 bits per heavy atom. The lowest BCUT2D eigenvalue weighted by atomic mass is 10.0. The van der Waals surface area contributed by atoms with Crippen LogP contribution < -0.4 is 4.72 Å². The molecule has 0 aromatic carbocycles. The van der Waals surface area contributed by atoms with Gasteiger partial charge < -0.3 is 5.11 Å². The van der Waals surface area contributed by atoms with Crippen LogP contribution in [0.5, 0.6) is 0 Å². The topological polar surface area (TPSA) is 107 Å². The highest BCUT2D eigenvalue weighted by Gasteiger charge is 2.25. The summed E-state index contributed by atoms with van der Waals surface area (Å²) < 4.78 is 24.7. The molecule has 2 N–H and O–H groups in total. The molecule has 0 heterocycles. The minimum absolute atomic E-state index is 0.123. The third-order valence-corrected chi connectivity index (χ3v) is 3.02. The first kappa shape index (κ1) is 13.9. The molecule has 0 atom stereocenters. The van der Waals surface area contributed by atoms with Gasteiger partial charge in [0, 0.05) is 12.0 Å². The molecule has 0 amide bonds. The van der Waals surface area contributed by atoms with Crippen molar-refractivity contribution < 1.29 is 18.3 Å². The number of nitriles is 1. The number of carbonyl (C=O) groups is 1. The quantitative estimate of drug-likeness (QED) is 0.676. The maximum Gasteiger partial charge on any atom is 0.303 e. The molecule has 0 saturated carbocycles. The van der Waals surface area contributed by atoms with Crippen molar-refractivity contribution in [3.8, 4) is 6.07 Å². The molecule has 0 aromatic heterocycles. The van der Waals surface area contributed by atoms with Crippen LogP contribution in [-0.2, 0) is 14.8 Å². The zero-order valence-electron chi connectivity index (χ0n) is 8.65. The van der Waals surface area contributed by atoms with Gasteiger partial charge in [-0.3, -0.25) is 4.79 Å². The summed E-state index contributed by atoms with van der Waals surface area (Å²) in [7, 11) is -3.64. The third-order valence-electron chi connectivity index (χ3n) is 1.65. The maximum atomic E-state index is 11.2. The molecule has 0 radical (unpaired) electrons. The number of aliphatic carboxylic acids is 1. The van der Waals surface area contributed by atoms with E-state index >= 15 is 0 Å². The van der Waals surface area contributed by atoms with Gasteiger partial charge in [0.2, 0.25) is 10.0 Å². The number of nitrogens with zero attached hydrogens (tertiary/aromatic N) is 1. The summed E-state index contributed by atoms with van der Waals surface area (Å²) in [6, 6.07) is 1.53. The summed E-state index contributed by atoms with van der Waals surface area (Å²) in [4.78, 5) is 10.3. The van der Waals surface area contributed by atoms with E-state index in [0.717, 1.165) is 0 Å². The molecule has 0 fully saturated rings. The van der Waals surface area contributed by atoms with Crippen molar-refractivity contribution in [3.05, 3.63) is 0 Å². The van der Waals surface area contributed by atoms with Gasteiger partial charge in [0.05, 0.1) is 6.07 Å². The minimum atomic E-state index is -3.64. The fourth-order valence-corrected chi connectivity index (χ4v) is 2.20. The number of hydrogen-bond acceptors (Lipinski definition) is 4. The van der Waals surface area contributed by atoms with Gasteiger partial charge in [0.15, 0.2) is 5.75 Å². The van der Waals surface area contributed by atoms with Gasteiger partial charge in [0.1, 0.15) is 0 Å². The van der Waals surface area contributed by atoms with E-state index in [9.17, 15) is 13.2 Å². The Hall–Kier alpha value is -1.13. The van der Waals surface area contributed by atoms with Crippen LogP contribution in [0.3, 0.4) is 0 Å². The number of carboxylic acid groups (broad SMARTS) is 1. The summed E-state index contributed by atoms with van der Waals surface area (Å²) >= 11 is 0. The predicted molar refractivity (Wildman–Crippen MR) is 53.5 cm³/mol. The van der Waals surface area contributed by atoms with Crippen molar-refractivity contribution in [1.82, 2.24) is 4.72 Å². The van der Waals surface area contributed by atoms with E-state index in [1.165, 1.54) is 6.07 Å². The number of carboxylic acids is 1. The Balaban J connectivity index is 4.38. The highest BCUT2D eigenvalue weighted by Crippen LogP contribution is 2.12. The standard InChI is InChI=1S/C8H14N2O4S/c1-8(2,4-3-7(11)12)10-15(13,14)6-5-9/h10H,3-4,6H2,1-2H3,(H,11,12). The van der Waals surface area contributed by atoms with E-state index < -0.39 is 27.3 Å². The highest BCUT2D eigenvalue weighted by molar-refractivity contribution is 7.89. The van der Waals surface area contributed by atoms with Gasteiger partial charge in [0.25, 0.3) is 0 Å². The molecule has 0 unspecified atom stereocenters. The van der Waals surface area contributed by atoms with Crippen LogP contribution in [0.2, 0.25) is 0 Å². The molecule has 86 valence electrons. The fourth-order valence-electron chi connectivity index (χ4n) is 1.01. The Bertz CT molecular complexity index is 367. The van der Waals surface area contributed by atoms with Crippen LogP contribution in [0, 0.1) is 11.3 Å². The molecule has 0 aliphatic heterocycles. The van der Waals surface area contributed by atoms with Crippen LogP contribution >= 0.6 is 0 Å². The van der Waals surface area contributed by atoms with Gasteiger partial charge in [-0.1, -0.05) is 0 Å². The lowest BCUT2D eigenvalue weighted by Gasteiger charge is -2.24. The number of nitrogens with one attached hydrogen (secondary N) is 1. The molecule has 7 heteroatoms. The van der Waals surface area contributed by atoms with Crippen LogP contribution in [0.25, 0.3) is 0 Å². The summed E-state index contributed by atoms with van der Waals surface area (Å²) in [6.45, 7) is 3.15. The van der Waals surface area contributed by atoms with E-state index in [4.69, 9.17) is 10.4 Å². The second kappa shape index (κ2) is 5.09. The molecule has 0 saturated heterocycles. The third kappa shape index (κ3) is 6.88. The van der Waals surface area contributed by atoms with Gasteiger partial charge in [-0.2, -0.15) is 5.26 Å². The zero-order chi connectivity index (χ0) is 12.1. The monoisotopic (exact) mass is 234 g/mol. The first-order valence-corrected chi connectivity index (χ1v) is 5.94. The number of sulfonamides is 1. The normalized spacial score (nSPS) is 12.1. The second-order valence-electron chi connectivity index (χ2n) is 3.80. The lowest BCUT2D eigenvalue weighted by molar-refractivity contribution is -0.137. The van der Waals surface area contributed by atoms with Gasteiger partial charge >= 0.3 is 5.97 Å². The van der Waals surface area contributed by atoms with Crippen molar-refractivity contribution in [2.24, 2.45) is 0 Å². The van der Waals surface area contributed by atoms with Gasteiger partial charge in [-0.05, 0) is 20.3 Å². The number of rotatable bonds is 6. The zero-order valence-corrected chi connectivity index (χ0v) is 9.47. The van der Waals surface area contributed by atoms with Crippen molar-refractivity contribution in [2.45, 2.75) is 32.2 Å². The average Bonchev–Trinajstić information content (AvgIpc) is 1.98. The average molecular weight is 234 g/mol. The summed E-state index contributed by atoms with van der Waals surface area (Å²) in [5, 5.41) is 16.7. The van der Waals surface area contributed by atoms with Gasteiger partial charge in [-0.25, -0.2) is 13.1 Å². The smallest absolute Gasteiger partial charge is 0.303 e. The van der Waals surface area contributed by atoms with Crippen molar-refractivity contribution in [1.29, 1.82) is 5.26 Å². The Kier molecular flexibility index (Phi) is 4.71. The van der Waals surface area contributed by atoms with Crippen LogP contribution in [-0.4, -0.2) is 30.8 Å². The summed E-state index contributed by atoms with van der Waals surface area (Å²) in [5.41, 5.74) is -0.853. The molecule has 0 rings (SSSR count). The molecule has 0 aliphatic rings. The Morgan fingerprint density at radius 3 is 2.47 bits per heavy atom. The van der Waals surface area contributed by atoms with Crippen LogP contribution in [0.4, 0.5) is 0 Å². The maximum absolute atomic E-state index is 11.2. The SMILES string of the molecule is CC(C)(CCC(=O)O)NS(=O)(=O)CC#N. The summed E-state index contributed by atoms with van der Waals surface area (Å²) in [6.07, 6.45) is 0.0507. The minimum Gasteiger partial charge on any atom is -0.481 e.